The smallest absolute Gasteiger partial charge is 0.133 e. The first-order valence-electron chi connectivity index (χ1n) is 10.6. The number of hydrogen-bond donors (Lipinski definition) is 0. The molecule has 0 fully saturated rings. The van der Waals surface area contributed by atoms with Crippen LogP contribution in [0.25, 0.3) is 11.3 Å². The van der Waals surface area contributed by atoms with E-state index >= 15 is 0 Å². The molecule has 0 radical (unpaired) electrons. The Labute approximate surface area is 198 Å². The number of hydrogen-bond acceptors (Lipinski definition) is 3. The van der Waals surface area contributed by atoms with Crippen LogP contribution in [0.5, 0.6) is 5.75 Å². The van der Waals surface area contributed by atoms with Gasteiger partial charge in [-0.1, -0.05) is 48.2 Å². The van der Waals surface area contributed by atoms with Gasteiger partial charge in [0.2, 0.25) is 0 Å². The van der Waals surface area contributed by atoms with Crippen LogP contribution in [0.2, 0.25) is 0 Å². The minimum absolute atomic E-state index is 0. The lowest BCUT2D eigenvalue weighted by Gasteiger charge is -2.15. The molecule has 0 spiro atoms. The fourth-order valence-electron chi connectivity index (χ4n) is 3.08. The highest BCUT2D eigenvalue weighted by Gasteiger charge is 2.05. The zero-order valence-electron chi connectivity index (χ0n) is 19.3. The third-order valence-corrected chi connectivity index (χ3v) is 4.55. The number of halogens is 1. The number of rotatable bonds is 8. The average molecular weight is 450 g/mol. The van der Waals surface area contributed by atoms with Gasteiger partial charge in [0.15, 0.2) is 0 Å². The van der Waals surface area contributed by atoms with Gasteiger partial charge >= 0.3 is 0 Å². The Balaban J connectivity index is 0.00000363. The van der Waals surface area contributed by atoms with E-state index in [1.807, 2.05) is 42.5 Å². The highest BCUT2D eigenvalue weighted by molar-refractivity contribution is 5.85. The van der Waals surface area contributed by atoms with Crippen molar-refractivity contribution in [3.05, 3.63) is 90.2 Å². The molecule has 1 aromatic heterocycles. The van der Waals surface area contributed by atoms with E-state index in [1.165, 1.54) is 5.56 Å². The molecule has 0 N–H and O–H groups in total. The van der Waals surface area contributed by atoms with E-state index in [2.05, 4.69) is 74.9 Å². The molecule has 3 aromatic rings. The minimum atomic E-state index is 0. The van der Waals surface area contributed by atoms with E-state index in [0.717, 1.165) is 35.7 Å². The van der Waals surface area contributed by atoms with E-state index in [-0.39, 0.29) is 17.8 Å². The molecule has 0 unspecified atom stereocenters. The summed E-state index contributed by atoms with van der Waals surface area (Å²) in [7, 11) is 2.11. The van der Waals surface area contributed by atoms with Crippen LogP contribution in [-0.4, -0.2) is 18.5 Å². The highest BCUT2D eigenvalue weighted by Crippen LogP contribution is 2.22. The molecule has 3 nitrogen and oxygen atoms in total. The summed E-state index contributed by atoms with van der Waals surface area (Å²) in [6, 6.07) is 20.4. The Bertz CT molecular complexity index is 1050. The van der Waals surface area contributed by atoms with Crippen molar-refractivity contribution in [1.82, 2.24) is 4.90 Å². The first kappa shape index (κ1) is 25.3. The molecule has 168 valence electrons. The van der Waals surface area contributed by atoms with E-state index in [4.69, 9.17) is 9.15 Å². The van der Waals surface area contributed by atoms with Crippen molar-refractivity contribution in [2.75, 3.05) is 13.6 Å². The largest absolute Gasteiger partial charge is 0.489 e. The molecule has 0 saturated heterocycles. The summed E-state index contributed by atoms with van der Waals surface area (Å²) in [5.74, 6) is 8.07. The van der Waals surface area contributed by atoms with Gasteiger partial charge < -0.3 is 9.15 Å². The maximum atomic E-state index is 6.05. The summed E-state index contributed by atoms with van der Waals surface area (Å²) >= 11 is 0. The maximum Gasteiger partial charge on any atom is 0.133 e. The van der Waals surface area contributed by atoms with E-state index < -0.39 is 0 Å². The average Bonchev–Trinajstić information content (AvgIpc) is 3.27. The van der Waals surface area contributed by atoms with Crippen LogP contribution < -0.4 is 4.74 Å². The highest BCUT2D eigenvalue weighted by atomic mass is 35.5. The molecule has 4 heteroatoms. The van der Waals surface area contributed by atoms with Crippen LogP contribution >= 0.6 is 12.4 Å². The molecule has 0 amide bonds. The van der Waals surface area contributed by atoms with Crippen molar-refractivity contribution in [3.63, 3.8) is 0 Å². The molecule has 0 atom stereocenters. The second kappa shape index (κ2) is 12.2. The van der Waals surface area contributed by atoms with Crippen molar-refractivity contribution in [1.29, 1.82) is 0 Å². The summed E-state index contributed by atoms with van der Waals surface area (Å²) in [6.07, 6.45) is 5.74. The molecule has 3 rings (SSSR count). The van der Waals surface area contributed by atoms with E-state index in [0.29, 0.717) is 6.61 Å². The standard InChI is InChI=1S/C28H31NO2.ClH/c1-28(2,3)16-6-5-7-17-29(4)21-23-11-9-14-26(20-23)31-22-24-12-8-13-25(19-24)27-15-10-18-30-27;/h5,7-15,18-20H,17,21-22H2,1-4H3;1H. The molecular weight excluding hydrogens is 418 g/mol. The SMILES string of the molecule is CN(CC=CC#CC(C)(C)C)Cc1cccc(OCc2cccc(-c3ccco3)c2)c1.Cl. The zero-order chi connectivity index (χ0) is 22.1. The summed E-state index contributed by atoms with van der Waals surface area (Å²) in [5, 5.41) is 0. The van der Waals surface area contributed by atoms with E-state index in [1.54, 1.807) is 6.26 Å². The normalized spacial score (nSPS) is 11.2. The van der Waals surface area contributed by atoms with Crippen LogP contribution in [0.15, 0.2) is 83.5 Å². The second-order valence-corrected chi connectivity index (χ2v) is 8.73. The molecule has 0 aliphatic carbocycles. The Morgan fingerprint density at radius 3 is 2.53 bits per heavy atom. The lowest BCUT2D eigenvalue weighted by molar-refractivity contribution is 0.304. The van der Waals surface area contributed by atoms with Crippen LogP contribution in [0.1, 0.15) is 31.9 Å². The molecule has 2 aromatic carbocycles. The molecule has 32 heavy (non-hydrogen) atoms. The quantitative estimate of drug-likeness (QED) is 0.347. The number of ether oxygens (including phenoxy) is 1. The lowest BCUT2D eigenvalue weighted by Crippen LogP contribution is -2.17. The molecule has 0 aliphatic heterocycles. The van der Waals surface area contributed by atoms with Gasteiger partial charge in [-0.2, -0.15) is 0 Å². The molecule has 0 saturated carbocycles. The van der Waals surface area contributed by atoms with E-state index in [9.17, 15) is 0 Å². The summed E-state index contributed by atoms with van der Waals surface area (Å²) in [6.45, 7) is 8.56. The third kappa shape index (κ3) is 8.67. The van der Waals surface area contributed by atoms with Gasteiger partial charge in [0.05, 0.1) is 6.26 Å². The van der Waals surface area contributed by atoms with Crippen LogP contribution in [-0.2, 0) is 13.2 Å². The van der Waals surface area contributed by atoms with Crippen LogP contribution in [0.3, 0.4) is 0 Å². The Kier molecular flexibility index (Phi) is 9.65. The Morgan fingerprint density at radius 1 is 1.00 bits per heavy atom. The van der Waals surface area contributed by atoms with Crippen molar-refractivity contribution in [2.24, 2.45) is 5.41 Å². The lowest BCUT2D eigenvalue weighted by atomic mass is 9.98. The van der Waals surface area contributed by atoms with Crippen molar-refractivity contribution in [3.8, 4) is 28.9 Å². The fraction of sp³-hybridized carbons (Fsp3) is 0.286. The minimum Gasteiger partial charge on any atom is -0.489 e. The van der Waals surface area contributed by atoms with Gasteiger partial charge in [0, 0.05) is 24.1 Å². The Hall–Kier alpha value is -2.93. The third-order valence-electron chi connectivity index (χ3n) is 4.55. The van der Waals surface area contributed by atoms with Crippen molar-refractivity contribution < 1.29 is 9.15 Å². The molecule has 0 bridgehead atoms. The summed E-state index contributed by atoms with van der Waals surface area (Å²) in [5.41, 5.74) is 3.43. The van der Waals surface area contributed by atoms with Gasteiger partial charge in [0.1, 0.15) is 18.1 Å². The number of nitrogens with zero attached hydrogens (tertiary/aromatic N) is 1. The van der Waals surface area contributed by atoms with Crippen molar-refractivity contribution in [2.45, 2.75) is 33.9 Å². The van der Waals surface area contributed by atoms with Gasteiger partial charge in [-0.15, -0.1) is 12.4 Å². The van der Waals surface area contributed by atoms with Crippen molar-refractivity contribution >= 4 is 12.4 Å². The zero-order valence-corrected chi connectivity index (χ0v) is 20.1. The van der Waals surface area contributed by atoms with Gasteiger partial charge in [-0.25, -0.2) is 0 Å². The predicted octanol–water partition coefficient (Wildman–Crippen LogP) is 6.98. The Morgan fingerprint density at radius 2 is 1.78 bits per heavy atom. The van der Waals surface area contributed by atoms with Crippen LogP contribution in [0.4, 0.5) is 0 Å². The topological polar surface area (TPSA) is 25.6 Å². The summed E-state index contributed by atoms with van der Waals surface area (Å²) in [4.78, 5) is 2.25. The fourth-order valence-corrected chi connectivity index (χ4v) is 3.08. The molecular formula is C28H32ClNO2. The number of benzene rings is 2. The monoisotopic (exact) mass is 449 g/mol. The molecule has 1 heterocycles. The number of likely N-dealkylation sites (N-methyl/N-ethyl adjacent to an activating group) is 1. The molecule has 0 aliphatic rings. The van der Waals surface area contributed by atoms with Gasteiger partial charge in [-0.3, -0.25) is 4.90 Å². The number of furan rings is 1. The first-order chi connectivity index (χ1) is 14.9. The van der Waals surface area contributed by atoms with Gasteiger partial charge in [0.25, 0.3) is 0 Å². The van der Waals surface area contributed by atoms with Crippen LogP contribution in [0, 0.1) is 17.3 Å². The first-order valence-corrected chi connectivity index (χ1v) is 10.6. The van der Waals surface area contributed by atoms with Gasteiger partial charge in [-0.05, 0) is 75.4 Å². The second-order valence-electron chi connectivity index (χ2n) is 8.73. The number of allylic oxidation sites excluding steroid dienone is 1. The maximum absolute atomic E-state index is 6.05. The predicted molar refractivity (Wildman–Crippen MR) is 135 cm³/mol. The summed E-state index contributed by atoms with van der Waals surface area (Å²) < 4.78 is 11.5.